The number of pyridine rings is 1. The molecule has 90 valence electrons. The molecule has 0 aromatic carbocycles. The number of nitrogens with zero attached hydrogens (tertiary/aromatic N) is 3. The first-order chi connectivity index (χ1) is 8.33. The standard InChI is InChI=1S/C13H16ClN3/c14-12-5-4-6-13-15-11(10-17(12)13)9-16-7-2-1-3-8-16/h4-6,10H,1-3,7-9H2. The molecule has 4 heteroatoms. The Kier molecular flexibility index (Phi) is 3.04. The number of aromatic nitrogens is 2. The lowest BCUT2D eigenvalue weighted by Gasteiger charge is -2.25. The summed E-state index contributed by atoms with van der Waals surface area (Å²) in [5, 5.41) is 0.722. The molecule has 3 rings (SSSR count). The fourth-order valence-electron chi connectivity index (χ4n) is 2.45. The lowest BCUT2D eigenvalue weighted by Crippen LogP contribution is -2.29. The fraction of sp³-hybridized carbons (Fsp3) is 0.462. The van der Waals surface area contributed by atoms with Gasteiger partial charge >= 0.3 is 0 Å². The van der Waals surface area contributed by atoms with Gasteiger partial charge in [0.1, 0.15) is 10.8 Å². The molecular formula is C13H16ClN3. The van der Waals surface area contributed by atoms with Crippen molar-refractivity contribution in [1.29, 1.82) is 0 Å². The van der Waals surface area contributed by atoms with E-state index in [0.717, 1.165) is 23.0 Å². The van der Waals surface area contributed by atoms with Crippen LogP contribution in [0.2, 0.25) is 5.15 Å². The molecule has 0 radical (unpaired) electrons. The van der Waals surface area contributed by atoms with Gasteiger partial charge in [0.25, 0.3) is 0 Å². The number of hydrogen-bond donors (Lipinski definition) is 0. The highest BCUT2D eigenvalue weighted by atomic mass is 35.5. The molecule has 1 saturated heterocycles. The zero-order chi connectivity index (χ0) is 11.7. The molecule has 0 spiro atoms. The van der Waals surface area contributed by atoms with Crippen LogP contribution in [0.25, 0.3) is 5.65 Å². The minimum atomic E-state index is 0.722. The van der Waals surface area contributed by atoms with Crippen LogP contribution in [0.3, 0.4) is 0 Å². The number of rotatable bonds is 2. The summed E-state index contributed by atoms with van der Waals surface area (Å²) < 4.78 is 1.95. The fourth-order valence-corrected chi connectivity index (χ4v) is 2.66. The number of halogens is 1. The first-order valence-electron chi connectivity index (χ1n) is 6.18. The summed E-state index contributed by atoms with van der Waals surface area (Å²) in [6, 6.07) is 5.82. The van der Waals surface area contributed by atoms with Gasteiger partial charge in [-0.05, 0) is 38.1 Å². The average molecular weight is 250 g/mol. The zero-order valence-electron chi connectivity index (χ0n) is 9.77. The largest absolute Gasteiger partial charge is 0.297 e. The second-order valence-electron chi connectivity index (χ2n) is 4.65. The van der Waals surface area contributed by atoms with Crippen molar-refractivity contribution in [1.82, 2.24) is 14.3 Å². The van der Waals surface area contributed by atoms with Crippen LogP contribution in [0.15, 0.2) is 24.4 Å². The number of fused-ring (bicyclic) bond motifs is 1. The third kappa shape index (κ3) is 2.31. The first kappa shape index (κ1) is 11.1. The van der Waals surface area contributed by atoms with E-state index in [-0.39, 0.29) is 0 Å². The van der Waals surface area contributed by atoms with Crippen molar-refractivity contribution in [3.05, 3.63) is 35.2 Å². The van der Waals surface area contributed by atoms with Crippen LogP contribution in [-0.2, 0) is 6.54 Å². The van der Waals surface area contributed by atoms with Gasteiger partial charge in [-0.1, -0.05) is 24.1 Å². The average Bonchev–Trinajstić information content (AvgIpc) is 2.74. The maximum atomic E-state index is 6.12. The van der Waals surface area contributed by atoms with Gasteiger partial charge in [-0.3, -0.25) is 9.30 Å². The number of likely N-dealkylation sites (tertiary alicyclic amines) is 1. The van der Waals surface area contributed by atoms with Crippen molar-refractivity contribution in [2.75, 3.05) is 13.1 Å². The van der Waals surface area contributed by atoms with Gasteiger partial charge < -0.3 is 0 Å². The Hall–Kier alpha value is -1.06. The van der Waals surface area contributed by atoms with Crippen LogP contribution in [0.5, 0.6) is 0 Å². The monoisotopic (exact) mass is 249 g/mol. The molecule has 1 aliphatic rings. The second kappa shape index (κ2) is 4.67. The van der Waals surface area contributed by atoms with Crippen LogP contribution in [-0.4, -0.2) is 27.4 Å². The van der Waals surface area contributed by atoms with Gasteiger partial charge in [-0.15, -0.1) is 0 Å². The highest BCUT2D eigenvalue weighted by Crippen LogP contribution is 2.16. The molecule has 17 heavy (non-hydrogen) atoms. The van der Waals surface area contributed by atoms with E-state index in [0.29, 0.717) is 0 Å². The van der Waals surface area contributed by atoms with E-state index in [9.17, 15) is 0 Å². The van der Waals surface area contributed by atoms with Gasteiger partial charge in [-0.2, -0.15) is 0 Å². The molecule has 1 aliphatic heterocycles. The molecule has 0 unspecified atom stereocenters. The molecule has 0 bridgehead atoms. The summed E-state index contributed by atoms with van der Waals surface area (Å²) in [6.45, 7) is 3.33. The molecule has 0 atom stereocenters. The van der Waals surface area contributed by atoms with Crippen molar-refractivity contribution in [3.63, 3.8) is 0 Å². The second-order valence-corrected chi connectivity index (χ2v) is 5.03. The van der Waals surface area contributed by atoms with Crippen molar-refractivity contribution < 1.29 is 0 Å². The minimum Gasteiger partial charge on any atom is -0.297 e. The van der Waals surface area contributed by atoms with Gasteiger partial charge in [0.15, 0.2) is 0 Å². The lowest BCUT2D eigenvalue weighted by molar-refractivity contribution is 0.219. The van der Waals surface area contributed by atoms with Crippen LogP contribution in [0.4, 0.5) is 0 Å². The summed E-state index contributed by atoms with van der Waals surface area (Å²) in [5.74, 6) is 0. The van der Waals surface area contributed by atoms with Crippen LogP contribution in [0.1, 0.15) is 25.0 Å². The Morgan fingerprint density at radius 1 is 1.18 bits per heavy atom. The minimum absolute atomic E-state index is 0.722. The highest BCUT2D eigenvalue weighted by Gasteiger charge is 2.12. The Morgan fingerprint density at radius 3 is 2.76 bits per heavy atom. The Balaban J connectivity index is 1.83. The number of piperidine rings is 1. The summed E-state index contributed by atoms with van der Waals surface area (Å²) >= 11 is 6.12. The molecule has 2 aromatic heterocycles. The quantitative estimate of drug-likeness (QED) is 0.763. The zero-order valence-corrected chi connectivity index (χ0v) is 10.5. The van der Waals surface area contributed by atoms with E-state index in [4.69, 9.17) is 11.6 Å². The van der Waals surface area contributed by atoms with E-state index in [1.54, 1.807) is 0 Å². The van der Waals surface area contributed by atoms with Gasteiger partial charge in [0.2, 0.25) is 0 Å². The Bertz CT molecular complexity index is 514. The molecule has 0 amide bonds. The number of imidazole rings is 1. The summed E-state index contributed by atoms with van der Waals surface area (Å²) in [6.07, 6.45) is 6.04. The van der Waals surface area contributed by atoms with Crippen molar-refractivity contribution in [2.24, 2.45) is 0 Å². The molecule has 3 nitrogen and oxygen atoms in total. The normalized spacial score (nSPS) is 17.7. The maximum Gasteiger partial charge on any atom is 0.138 e. The van der Waals surface area contributed by atoms with Gasteiger partial charge in [-0.25, -0.2) is 4.98 Å². The molecule has 1 fully saturated rings. The summed E-state index contributed by atoms with van der Waals surface area (Å²) in [4.78, 5) is 7.08. The summed E-state index contributed by atoms with van der Waals surface area (Å²) in [5.41, 5.74) is 2.05. The number of hydrogen-bond acceptors (Lipinski definition) is 2. The van der Waals surface area contributed by atoms with Crippen molar-refractivity contribution in [3.8, 4) is 0 Å². The predicted octanol–water partition coefficient (Wildman–Crippen LogP) is 2.97. The van der Waals surface area contributed by atoms with Crippen LogP contribution < -0.4 is 0 Å². The lowest BCUT2D eigenvalue weighted by atomic mass is 10.1. The van der Waals surface area contributed by atoms with E-state index < -0.39 is 0 Å². The van der Waals surface area contributed by atoms with Crippen molar-refractivity contribution in [2.45, 2.75) is 25.8 Å². The SMILES string of the molecule is Clc1cccc2nc(CN3CCCCC3)cn12. The highest BCUT2D eigenvalue weighted by molar-refractivity contribution is 6.29. The van der Waals surface area contributed by atoms with Gasteiger partial charge in [0.05, 0.1) is 5.69 Å². The molecule has 3 heterocycles. The Morgan fingerprint density at radius 2 is 2.00 bits per heavy atom. The van der Waals surface area contributed by atoms with E-state index in [1.165, 1.54) is 32.4 Å². The predicted molar refractivity (Wildman–Crippen MR) is 69.3 cm³/mol. The third-order valence-electron chi connectivity index (χ3n) is 3.33. The molecule has 0 aliphatic carbocycles. The van der Waals surface area contributed by atoms with Gasteiger partial charge in [0, 0.05) is 12.7 Å². The third-order valence-corrected chi connectivity index (χ3v) is 3.63. The van der Waals surface area contributed by atoms with E-state index in [1.807, 2.05) is 28.8 Å². The topological polar surface area (TPSA) is 20.5 Å². The first-order valence-corrected chi connectivity index (χ1v) is 6.55. The Labute approximate surface area is 106 Å². The van der Waals surface area contributed by atoms with Crippen molar-refractivity contribution >= 4 is 17.2 Å². The molecular weight excluding hydrogens is 234 g/mol. The molecule has 0 N–H and O–H groups in total. The molecule has 0 saturated carbocycles. The maximum absolute atomic E-state index is 6.12. The smallest absolute Gasteiger partial charge is 0.138 e. The van der Waals surface area contributed by atoms with Crippen LogP contribution in [0, 0.1) is 0 Å². The molecule has 2 aromatic rings. The van der Waals surface area contributed by atoms with Crippen LogP contribution >= 0.6 is 11.6 Å². The summed E-state index contributed by atoms with van der Waals surface area (Å²) in [7, 11) is 0. The van der Waals surface area contributed by atoms with E-state index >= 15 is 0 Å². The van der Waals surface area contributed by atoms with E-state index in [2.05, 4.69) is 9.88 Å².